The molecule has 2 rings (SSSR count). The number of anilines is 1. The molecule has 3 N–H and O–H groups in total. The minimum Gasteiger partial charge on any atom is -0.441 e. The summed E-state index contributed by atoms with van der Waals surface area (Å²) in [5.41, 5.74) is 7.41. The molecule has 0 aliphatic rings. The molecule has 2 aromatic rings. The number of carbonyl (C=O) groups excluding carboxylic acids is 1. The van der Waals surface area contributed by atoms with E-state index in [1.807, 2.05) is 31.2 Å². The quantitative estimate of drug-likeness (QED) is 0.889. The predicted octanol–water partition coefficient (Wildman–Crippen LogP) is 3.14. The standard InChI is InChI=1S/C15H19N3O2.ClH/c1-3-4-13(16)15(19)18-12-7-5-11(6-8-12)14-9-17-10(2)20-14;/h5-9,13H,3-4,16H2,1-2H3,(H,18,19);1H. The average Bonchev–Trinajstić information content (AvgIpc) is 2.86. The van der Waals surface area contributed by atoms with Gasteiger partial charge in [-0.15, -0.1) is 12.4 Å². The Hall–Kier alpha value is -1.85. The molecule has 0 bridgehead atoms. The van der Waals surface area contributed by atoms with Gasteiger partial charge in [-0.3, -0.25) is 4.79 Å². The van der Waals surface area contributed by atoms with Crippen LogP contribution in [0.25, 0.3) is 11.3 Å². The van der Waals surface area contributed by atoms with E-state index in [0.29, 0.717) is 18.1 Å². The summed E-state index contributed by atoms with van der Waals surface area (Å²) in [6.07, 6.45) is 3.25. The monoisotopic (exact) mass is 309 g/mol. The van der Waals surface area contributed by atoms with Crippen molar-refractivity contribution in [1.29, 1.82) is 0 Å². The molecule has 0 spiro atoms. The highest BCUT2D eigenvalue weighted by Gasteiger charge is 2.12. The zero-order valence-electron chi connectivity index (χ0n) is 12.1. The molecule has 0 aliphatic carbocycles. The highest BCUT2D eigenvalue weighted by atomic mass is 35.5. The fraction of sp³-hybridized carbons (Fsp3) is 0.333. The Morgan fingerprint density at radius 2 is 2.05 bits per heavy atom. The highest BCUT2D eigenvalue weighted by Crippen LogP contribution is 2.22. The van der Waals surface area contributed by atoms with E-state index in [9.17, 15) is 4.79 Å². The van der Waals surface area contributed by atoms with Crippen molar-refractivity contribution in [1.82, 2.24) is 4.98 Å². The minimum absolute atomic E-state index is 0. The van der Waals surface area contributed by atoms with Gasteiger partial charge in [0.25, 0.3) is 0 Å². The first-order valence-electron chi connectivity index (χ1n) is 6.69. The number of carbonyl (C=O) groups is 1. The van der Waals surface area contributed by atoms with Crippen LogP contribution < -0.4 is 11.1 Å². The minimum atomic E-state index is -0.461. The molecule has 1 aromatic carbocycles. The van der Waals surface area contributed by atoms with Crippen LogP contribution in [0.1, 0.15) is 25.7 Å². The van der Waals surface area contributed by atoms with Gasteiger partial charge in [0.15, 0.2) is 11.7 Å². The first kappa shape index (κ1) is 17.2. The normalized spacial score (nSPS) is 11.6. The third-order valence-electron chi connectivity index (χ3n) is 2.99. The van der Waals surface area contributed by atoms with E-state index in [0.717, 1.165) is 17.7 Å². The Bertz CT molecular complexity index is 581. The number of aryl methyl sites for hydroxylation is 1. The van der Waals surface area contributed by atoms with E-state index < -0.39 is 6.04 Å². The average molecular weight is 310 g/mol. The lowest BCUT2D eigenvalue weighted by Crippen LogP contribution is -2.35. The van der Waals surface area contributed by atoms with Crippen molar-refractivity contribution in [3.63, 3.8) is 0 Å². The Morgan fingerprint density at radius 3 is 2.57 bits per heavy atom. The van der Waals surface area contributed by atoms with E-state index in [2.05, 4.69) is 10.3 Å². The van der Waals surface area contributed by atoms with E-state index in [1.54, 1.807) is 13.1 Å². The van der Waals surface area contributed by atoms with Gasteiger partial charge in [0.05, 0.1) is 12.2 Å². The highest BCUT2D eigenvalue weighted by molar-refractivity contribution is 5.94. The van der Waals surface area contributed by atoms with Gasteiger partial charge >= 0.3 is 0 Å². The number of aromatic nitrogens is 1. The number of hydrogen-bond donors (Lipinski definition) is 2. The van der Waals surface area contributed by atoms with Crippen molar-refractivity contribution in [2.75, 3.05) is 5.32 Å². The van der Waals surface area contributed by atoms with Crippen molar-refractivity contribution in [2.45, 2.75) is 32.7 Å². The second kappa shape index (κ2) is 7.81. The van der Waals surface area contributed by atoms with Crippen LogP contribution >= 0.6 is 12.4 Å². The molecule has 6 heteroatoms. The second-order valence-corrected chi connectivity index (χ2v) is 4.71. The van der Waals surface area contributed by atoms with Crippen molar-refractivity contribution in [3.05, 3.63) is 36.4 Å². The van der Waals surface area contributed by atoms with Crippen molar-refractivity contribution in [3.8, 4) is 11.3 Å². The van der Waals surface area contributed by atoms with E-state index in [1.165, 1.54) is 0 Å². The fourth-order valence-corrected chi connectivity index (χ4v) is 1.89. The molecule has 0 saturated carbocycles. The number of nitrogens with zero attached hydrogens (tertiary/aromatic N) is 1. The SMILES string of the molecule is CCCC(N)C(=O)Nc1ccc(-c2cnc(C)o2)cc1.Cl. The van der Waals surface area contributed by atoms with Gasteiger partial charge in [0.1, 0.15) is 0 Å². The van der Waals surface area contributed by atoms with Gasteiger partial charge in [-0.05, 0) is 30.7 Å². The first-order chi connectivity index (χ1) is 9.60. The maximum absolute atomic E-state index is 11.8. The molecule has 5 nitrogen and oxygen atoms in total. The molecule has 1 atom stereocenters. The predicted molar refractivity (Wildman–Crippen MR) is 85.4 cm³/mol. The number of benzene rings is 1. The summed E-state index contributed by atoms with van der Waals surface area (Å²) >= 11 is 0. The van der Waals surface area contributed by atoms with Crippen LogP contribution in [0.2, 0.25) is 0 Å². The summed E-state index contributed by atoms with van der Waals surface area (Å²) in [5, 5.41) is 2.80. The summed E-state index contributed by atoms with van der Waals surface area (Å²) in [6, 6.07) is 6.94. The molecule has 21 heavy (non-hydrogen) atoms. The van der Waals surface area contributed by atoms with Crippen LogP contribution in [0, 0.1) is 6.92 Å². The summed E-state index contributed by atoms with van der Waals surface area (Å²) in [5.74, 6) is 1.18. The summed E-state index contributed by atoms with van der Waals surface area (Å²) < 4.78 is 5.44. The maximum atomic E-state index is 11.8. The lowest BCUT2D eigenvalue weighted by Gasteiger charge is -2.11. The van der Waals surface area contributed by atoms with Gasteiger partial charge in [0, 0.05) is 18.2 Å². The number of nitrogens with one attached hydrogen (secondary N) is 1. The van der Waals surface area contributed by atoms with Crippen molar-refractivity contribution >= 4 is 24.0 Å². The number of halogens is 1. The molecule has 1 aromatic heterocycles. The maximum Gasteiger partial charge on any atom is 0.241 e. The molecule has 0 radical (unpaired) electrons. The number of oxazole rings is 1. The molecular formula is C15H20ClN3O2. The summed E-state index contributed by atoms with van der Waals surface area (Å²) in [4.78, 5) is 15.9. The van der Waals surface area contributed by atoms with Crippen molar-refractivity contribution < 1.29 is 9.21 Å². The molecule has 0 aliphatic heterocycles. The summed E-state index contributed by atoms with van der Waals surface area (Å²) in [6.45, 7) is 3.80. The first-order valence-corrected chi connectivity index (χ1v) is 6.69. The Kier molecular flexibility index (Phi) is 6.39. The molecule has 0 saturated heterocycles. The number of amides is 1. The molecule has 1 heterocycles. The molecule has 0 fully saturated rings. The Balaban J connectivity index is 0.00000220. The van der Waals surface area contributed by atoms with Crippen LogP contribution in [-0.4, -0.2) is 16.9 Å². The largest absolute Gasteiger partial charge is 0.441 e. The second-order valence-electron chi connectivity index (χ2n) is 4.71. The van der Waals surface area contributed by atoms with E-state index in [4.69, 9.17) is 10.2 Å². The fourth-order valence-electron chi connectivity index (χ4n) is 1.89. The molecular weight excluding hydrogens is 290 g/mol. The molecule has 1 amide bonds. The zero-order chi connectivity index (χ0) is 14.5. The molecule has 114 valence electrons. The number of rotatable bonds is 5. The third kappa shape index (κ3) is 4.58. The third-order valence-corrected chi connectivity index (χ3v) is 2.99. The van der Waals surface area contributed by atoms with Crippen LogP contribution in [0.15, 0.2) is 34.9 Å². The lowest BCUT2D eigenvalue weighted by atomic mass is 10.1. The van der Waals surface area contributed by atoms with Crippen molar-refractivity contribution in [2.24, 2.45) is 5.73 Å². The Morgan fingerprint density at radius 1 is 1.38 bits per heavy atom. The summed E-state index contributed by atoms with van der Waals surface area (Å²) in [7, 11) is 0. The smallest absolute Gasteiger partial charge is 0.241 e. The van der Waals surface area contributed by atoms with Crippen LogP contribution in [-0.2, 0) is 4.79 Å². The van der Waals surface area contributed by atoms with Gasteiger partial charge in [-0.2, -0.15) is 0 Å². The van der Waals surface area contributed by atoms with Gasteiger partial charge in [0.2, 0.25) is 5.91 Å². The van der Waals surface area contributed by atoms with Crippen LogP contribution in [0.4, 0.5) is 5.69 Å². The van der Waals surface area contributed by atoms with E-state index >= 15 is 0 Å². The zero-order valence-corrected chi connectivity index (χ0v) is 12.9. The Labute approximate surface area is 130 Å². The van der Waals surface area contributed by atoms with Crippen LogP contribution in [0.5, 0.6) is 0 Å². The van der Waals surface area contributed by atoms with Crippen LogP contribution in [0.3, 0.4) is 0 Å². The lowest BCUT2D eigenvalue weighted by molar-refractivity contribution is -0.117. The number of hydrogen-bond acceptors (Lipinski definition) is 4. The van der Waals surface area contributed by atoms with Gasteiger partial charge < -0.3 is 15.5 Å². The van der Waals surface area contributed by atoms with Gasteiger partial charge in [-0.25, -0.2) is 4.98 Å². The van der Waals surface area contributed by atoms with Gasteiger partial charge in [-0.1, -0.05) is 13.3 Å². The topological polar surface area (TPSA) is 81.2 Å². The molecule has 1 unspecified atom stereocenters. The van der Waals surface area contributed by atoms with E-state index in [-0.39, 0.29) is 18.3 Å². The number of nitrogens with two attached hydrogens (primary N) is 1.